The fourth-order valence-corrected chi connectivity index (χ4v) is 2.97. The molecular formula is C14H25NO11. The lowest BCUT2D eigenvalue weighted by molar-refractivity contribution is -0.341. The molecule has 0 spiro atoms. The van der Waals surface area contributed by atoms with Gasteiger partial charge in [-0.25, -0.2) is 0 Å². The Bertz CT molecular complexity index is 478. The molecule has 0 saturated carbocycles. The minimum Gasteiger partial charge on any atom is -0.394 e. The van der Waals surface area contributed by atoms with Gasteiger partial charge in [0.1, 0.15) is 48.8 Å². The Kier molecular flexibility index (Phi) is 7.27. The summed E-state index contributed by atoms with van der Waals surface area (Å²) >= 11 is 0. The molecule has 2 aliphatic rings. The average Bonchev–Trinajstić information content (AvgIpc) is 2.60. The molecule has 8 N–H and O–H groups in total. The molecule has 0 aliphatic carbocycles. The Morgan fingerprint density at radius 2 is 1.50 bits per heavy atom. The zero-order chi connectivity index (χ0) is 19.6. The highest BCUT2D eigenvalue weighted by molar-refractivity contribution is 5.73. The van der Waals surface area contributed by atoms with Crippen LogP contribution in [0.1, 0.15) is 6.92 Å². The Morgan fingerprint density at radius 1 is 0.923 bits per heavy atom. The molecule has 26 heavy (non-hydrogen) atoms. The van der Waals surface area contributed by atoms with Crippen molar-refractivity contribution < 1.29 is 54.8 Å². The summed E-state index contributed by atoms with van der Waals surface area (Å²) < 4.78 is 15.7. The van der Waals surface area contributed by atoms with Crippen molar-refractivity contribution in [2.24, 2.45) is 0 Å². The summed E-state index contributed by atoms with van der Waals surface area (Å²) in [5.41, 5.74) is 0. The van der Waals surface area contributed by atoms with Crippen molar-refractivity contribution in [2.45, 2.75) is 68.3 Å². The van der Waals surface area contributed by atoms with Gasteiger partial charge in [0.25, 0.3) is 0 Å². The van der Waals surface area contributed by atoms with Crippen LogP contribution in [0.5, 0.6) is 0 Å². The lowest BCUT2D eigenvalue weighted by Gasteiger charge is -2.46. The van der Waals surface area contributed by atoms with Crippen molar-refractivity contribution in [1.82, 2.24) is 5.32 Å². The molecule has 2 heterocycles. The van der Waals surface area contributed by atoms with E-state index in [0.717, 1.165) is 6.92 Å². The van der Waals surface area contributed by atoms with Gasteiger partial charge in [0, 0.05) is 6.92 Å². The number of nitrogens with one attached hydrogen (secondary N) is 1. The van der Waals surface area contributed by atoms with E-state index >= 15 is 0 Å². The van der Waals surface area contributed by atoms with Gasteiger partial charge in [0.05, 0.1) is 13.2 Å². The maximum Gasteiger partial charge on any atom is 0.217 e. The highest BCUT2D eigenvalue weighted by Crippen LogP contribution is 2.28. The molecule has 0 radical (unpaired) electrons. The molecule has 0 unspecified atom stereocenters. The Morgan fingerprint density at radius 3 is 2.04 bits per heavy atom. The number of carbonyl (C=O) groups is 1. The molecule has 12 heteroatoms. The Hall–Kier alpha value is -0.930. The van der Waals surface area contributed by atoms with Gasteiger partial charge in [-0.1, -0.05) is 0 Å². The Labute approximate surface area is 148 Å². The fraction of sp³-hybridized carbons (Fsp3) is 0.929. The van der Waals surface area contributed by atoms with Crippen LogP contribution in [0.15, 0.2) is 0 Å². The molecule has 0 aromatic carbocycles. The lowest BCUT2D eigenvalue weighted by Crippen LogP contribution is -2.67. The second-order valence-electron chi connectivity index (χ2n) is 6.26. The van der Waals surface area contributed by atoms with Crippen molar-refractivity contribution >= 4 is 5.91 Å². The van der Waals surface area contributed by atoms with Crippen LogP contribution >= 0.6 is 0 Å². The zero-order valence-electron chi connectivity index (χ0n) is 14.0. The summed E-state index contributed by atoms with van der Waals surface area (Å²) in [6.45, 7) is -0.195. The van der Waals surface area contributed by atoms with Gasteiger partial charge in [-0.05, 0) is 0 Å². The third-order valence-corrected chi connectivity index (χ3v) is 4.38. The van der Waals surface area contributed by atoms with Crippen LogP contribution < -0.4 is 5.32 Å². The number of amides is 1. The maximum atomic E-state index is 11.4. The van der Waals surface area contributed by atoms with Crippen molar-refractivity contribution in [3.8, 4) is 0 Å². The van der Waals surface area contributed by atoms with E-state index in [-0.39, 0.29) is 0 Å². The van der Waals surface area contributed by atoms with Gasteiger partial charge in [-0.2, -0.15) is 0 Å². The first-order valence-electron chi connectivity index (χ1n) is 8.06. The van der Waals surface area contributed by atoms with Crippen molar-refractivity contribution in [2.75, 3.05) is 13.2 Å². The van der Waals surface area contributed by atoms with Crippen molar-refractivity contribution in [1.29, 1.82) is 0 Å². The molecule has 0 bridgehead atoms. The number of ether oxygens (including phenoxy) is 3. The average molecular weight is 383 g/mol. The number of carbonyl (C=O) groups excluding carboxylic acids is 1. The molecular weight excluding hydrogens is 358 g/mol. The van der Waals surface area contributed by atoms with E-state index in [1.165, 1.54) is 0 Å². The summed E-state index contributed by atoms with van der Waals surface area (Å²) in [6, 6.07) is -1.28. The van der Waals surface area contributed by atoms with Crippen LogP contribution in [0, 0.1) is 0 Å². The van der Waals surface area contributed by atoms with Gasteiger partial charge < -0.3 is 55.3 Å². The Balaban J connectivity index is 2.21. The number of aliphatic hydroxyl groups is 7. The van der Waals surface area contributed by atoms with Gasteiger partial charge in [0.15, 0.2) is 12.6 Å². The van der Waals surface area contributed by atoms with Crippen LogP contribution in [0.4, 0.5) is 0 Å². The van der Waals surface area contributed by atoms with Gasteiger partial charge >= 0.3 is 0 Å². The quantitative estimate of drug-likeness (QED) is 0.226. The fourth-order valence-electron chi connectivity index (χ4n) is 2.97. The number of hydrogen-bond donors (Lipinski definition) is 8. The van der Waals surface area contributed by atoms with E-state index in [4.69, 9.17) is 14.2 Å². The third kappa shape index (κ3) is 4.31. The molecule has 152 valence electrons. The zero-order valence-corrected chi connectivity index (χ0v) is 14.0. The van der Waals surface area contributed by atoms with Gasteiger partial charge in [-0.3, -0.25) is 4.79 Å². The van der Waals surface area contributed by atoms with Crippen LogP contribution in [0.25, 0.3) is 0 Å². The number of rotatable bonds is 5. The summed E-state index contributed by atoms with van der Waals surface area (Å²) in [4.78, 5) is 11.4. The number of hydrogen-bond acceptors (Lipinski definition) is 11. The smallest absolute Gasteiger partial charge is 0.217 e. The summed E-state index contributed by atoms with van der Waals surface area (Å²) in [5, 5.41) is 70.7. The summed E-state index contributed by atoms with van der Waals surface area (Å²) in [6.07, 6.45) is -13.7. The van der Waals surface area contributed by atoms with E-state index in [2.05, 4.69) is 5.32 Å². The molecule has 0 aromatic heterocycles. The predicted molar refractivity (Wildman–Crippen MR) is 80.2 cm³/mol. The third-order valence-electron chi connectivity index (χ3n) is 4.38. The highest BCUT2D eigenvalue weighted by atomic mass is 16.7. The van der Waals surface area contributed by atoms with E-state index in [9.17, 15) is 40.5 Å². The van der Waals surface area contributed by atoms with E-state index in [0.29, 0.717) is 0 Å². The molecule has 2 rings (SSSR count). The van der Waals surface area contributed by atoms with Crippen LogP contribution in [0.2, 0.25) is 0 Å². The molecule has 2 fully saturated rings. The first kappa shape index (κ1) is 21.4. The van der Waals surface area contributed by atoms with Crippen LogP contribution in [-0.4, -0.2) is 116 Å². The summed E-state index contributed by atoms with van der Waals surface area (Å²) in [7, 11) is 0. The molecule has 1 amide bonds. The second kappa shape index (κ2) is 8.84. The molecule has 0 aromatic rings. The lowest BCUT2D eigenvalue weighted by atomic mass is 9.95. The molecule has 2 saturated heterocycles. The SMILES string of the molecule is CC(=O)N[C@@H]1[C@H](O[C@@H]2O[C@H](CO)[C@H](O)[C@H](O)[C@H]2O)[C@@H](O)[C@@H](CO)O[C@@H]1O. The normalized spacial score (nSPS) is 46.8. The molecule has 2 aliphatic heterocycles. The molecule has 10 atom stereocenters. The first-order valence-corrected chi connectivity index (χ1v) is 8.06. The van der Waals surface area contributed by atoms with Crippen LogP contribution in [0.3, 0.4) is 0 Å². The van der Waals surface area contributed by atoms with Gasteiger partial charge in [0.2, 0.25) is 5.91 Å². The van der Waals surface area contributed by atoms with E-state index in [1.807, 2.05) is 0 Å². The highest BCUT2D eigenvalue weighted by Gasteiger charge is 2.50. The standard InChI is InChI=1S/C14H25NO11/c1-4(18)15-7-12(9(20)6(3-17)24-13(7)23)26-14-11(22)10(21)8(19)5(2-16)25-14/h5-14,16-17,19-23H,2-3H2,1H3,(H,15,18)/t5-,6-,7-,8+,9+,10+,11-,12+,13+,14+/m1/s1. The first-order chi connectivity index (χ1) is 12.2. The number of aliphatic hydroxyl groups excluding tert-OH is 7. The van der Waals surface area contributed by atoms with Crippen molar-refractivity contribution in [3.05, 3.63) is 0 Å². The second-order valence-corrected chi connectivity index (χ2v) is 6.26. The van der Waals surface area contributed by atoms with Crippen molar-refractivity contribution in [3.63, 3.8) is 0 Å². The predicted octanol–water partition coefficient (Wildman–Crippen LogP) is -5.25. The van der Waals surface area contributed by atoms with Gasteiger partial charge in [-0.15, -0.1) is 0 Å². The van der Waals surface area contributed by atoms with E-state index < -0.39 is 80.5 Å². The van der Waals surface area contributed by atoms with E-state index in [1.54, 1.807) is 0 Å². The largest absolute Gasteiger partial charge is 0.394 e. The van der Waals surface area contributed by atoms with Crippen LogP contribution in [-0.2, 0) is 19.0 Å². The maximum absolute atomic E-state index is 11.4. The topological polar surface area (TPSA) is 198 Å². The molecule has 12 nitrogen and oxygen atoms in total. The minimum atomic E-state index is -1.74. The monoisotopic (exact) mass is 383 g/mol. The summed E-state index contributed by atoms with van der Waals surface area (Å²) in [5.74, 6) is -0.574. The minimum absolute atomic E-state index is 0.574.